The first kappa shape index (κ1) is 13.4. The highest BCUT2D eigenvalue weighted by atomic mass is 79.9. The summed E-state index contributed by atoms with van der Waals surface area (Å²) in [5, 5.41) is 0. The van der Waals surface area contributed by atoms with Crippen molar-refractivity contribution < 1.29 is 13.2 Å². The molecule has 1 saturated heterocycles. The minimum atomic E-state index is -3.59. The topological polar surface area (TPSA) is 66.8 Å². The van der Waals surface area contributed by atoms with Crippen LogP contribution in [0.25, 0.3) is 0 Å². The van der Waals surface area contributed by atoms with E-state index in [4.69, 9.17) is 0 Å². The highest BCUT2D eigenvalue weighted by Gasteiger charge is 2.35. The van der Waals surface area contributed by atoms with Crippen LogP contribution in [0.1, 0.15) is 12.8 Å². The molecule has 0 aliphatic carbocycles. The molecule has 0 saturated carbocycles. The molecule has 0 amide bonds. The number of nitrogens with zero attached hydrogens (tertiary/aromatic N) is 2. The van der Waals surface area contributed by atoms with Gasteiger partial charge in [0, 0.05) is 11.0 Å². The summed E-state index contributed by atoms with van der Waals surface area (Å²) in [4.78, 5) is 14.0. The second-order valence-electron chi connectivity index (χ2n) is 3.91. The zero-order valence-corrected chi connectivity index (χ0v) is 11.8. The number of hydrogen-bond acceptors (Lipinski definition) is 4. The molecule has 1 heterocycles. The third kappa shape index (κ3) is 2.54. The van der Waals surface area contributed by atoms with Gasteiger partial charge in [0.1, 0.15) is 6.17 Å². The number of benzene rings is 1. The smallest absolute Gasteiger partial charge is 0.211 e. The van der Waals surface area contributed by atoms with Gasteiger partial charge in [-0.1, -0.05) is 15.9 Å². The van der Waals surface area contributed by atoms with Gasteiger partial charge in [-0.15, -0.1) is 0 Å². The molecular weight excluding hydrogens is 320 g/mol. The van der Waals surface area contributed by atoms with Crippen molar-refractivity contribution in [2.75, 3.05) is 6.54 Å². The lowest BCUT2D eigenvalue weighted by molar-refractivity contribution is 0.395. The Morgan fingerprint density at radius 1 is 1.33 bits per heavy atom. The maximum absolute atomic E-state index is 12.4. The van der Waals surface area contributed by atoms with Gasteiger partial charge in [-0.05, 0) is 37.1 Å². The summed E-state index contributed by atoms with van der Waals surface area (Å²) >= 11 is 3.25. The average Bonchev–Trinajstić information content (AvgIpc) is 2.79. The van der Waals surface area contributed by atoms with Crippen LogP contribution in [0.4, 0.5) is 0 Å². The van der Waals surface area contributed by atoms with Gasteiger partial charge in [0.05, 0.1) is 4.90 Å². The third-order valence-electron chi connectivity index (χ3n) is 2.80. The molecule has 1 atom stereocenters. The summed E-state index contributed by atoms with van der Waals surface area (Å²) in [7, 11) is -3.59. The highest BCUT2D eigenvalue weighted by molar-refractivity contribution is 9.10. The van der Waals surface area contributed by atoms with Crippen LogP contribution in [0.5, 0.6) is 0 Å². The number of rotatable bonds is 3. The van der Waals surface area contributed by atoms with Gasteiger partial charge >= 0.3 is 0 Å². The van der Waals surface area contributed by atoms with Crippen LogP contribution in [0, 0.1) is 0 Å². The second kappa shape index (κ2) is 5.32. The first-order valence-electron chi connectivity index (χ1n) is 5.40. The van der Waals surface area contributed by atoms with E-state index in [1.54, 1.807) is 12.1 Å². The van der Waals surface area contributed by atoms with Crippen molar-refractivity contribution in [1.29, 1.82) is 0 Å². The Morgan fingerprint density at radius 3 is 2.61 bits per heavy atom. The van der Waals surface area contributed by atoms with Gasteiger partial charge < -0.3 is 0 Å². The Morgan fingerprint density at radius 2 is 2.00 bits per heavy atom. The summed E-state index contributed by atoms with van der Waals surface area (Å²) in [6, 6.07) is 6.39. The fourth-order valence-electron chi connectivity index (χ4n) is 1.93. The molecule has 96 valence electrons. The number of hydrogen-bond donors (Lipinski definition) is 0. The van der Waals surface area contributed by atoms with Gasteiger partial charge in [-0.3, -0.25) is 0 Å². The normalized spacial score (nSPS) is 20.6. The summed E-state index contributed by atoms with van der Waals surface area (Å²) in [5.74, 6) is 0. The van der Waals surface area contributed by atoms with Crippen LogP contribution < -0.4 is 0 Å². The molecule has 5 nitrogen and oxygen atoms in total. The SMILES string of the molecule is O=C=NC1CCCN1S(=O)(=O)c1ccc(Br)cc1. The first-order chi connectivity index (χ1) is 8.55. The van der Waals surface area contributed by atoms with Crippen LogP contribution in [-0.2, 0) is 14.8 Å². The van der Waals surface area contributed by atoms with Crippen molar-refractivity contribution in [3.8, 4) is 0 Å². The van der Waals surface area contributed by atoms with Gasteiger partial charge in [0.15, 0.2) is 0 Å². The third-order valence-corrected chi connectivity index (χ3v) is 5.24. The van der Waals surface area contributed by atoms with E-state index in [1.807, 2.05) is 0 Å². The molecule has 0 radical (unpaired) electrons. The lowest BCUT2D eigenvalue weighted by atomic mass is 10.3. The predicted octanol–water partition coefficient (Wildman–Crippen LogP) is 1.90. The summed E-state index contributed by atoms with van der Waals surface area (Å²) in [6.07, 6.45) is 2.08. The van der Waals surface area contributed by atoms with Crippen molar-refractivity contribution in [2.24, 2.45) is 4.99 Å². The fourth-order valence-corrected chi connectivity index (χ4v) is 3.79. The van der Waals surface area contributed by atoms with Gasteiger partial charge in [-0.2, -0.15) is 9.30 Å². The molecule has 18 heavy (non-hydrogen) atoms. The zero-order valence-electron chi connectivity index (χ0n) is 9.41. The Kier molecular flexibility index (Phi) is 3.97. The van der Waals surface area contributed by atoms with Crippen LogP contribution in [-0.4, -0.2) is 31.5 Å². The zero-order chi connectivity index (χ0) is 13.2. The van der Waals surface area contributed by atoms with Crippen molar-refractivity contribution in [3.05, 3.63) is 28.7 Å². The molecule has 1 aliphatic rings. The Bertz CT molecular complexity index is 579. The van der Waals surface area contributed by atoms with Crippen molar-refractivity contribution in [2.45, 2.75) is 23.9 Å². The molecule has 0 spiro atoms. The maximum Gasteiger partial charge on any atom is 0.244 e. The summed E-state index contributed by atoms with van der Waals surface area (Å²) < 4.78 is 26.8. The molecule has 0 N–H and O–H groups in total. The highest BCUT2D eigenvalue weighted by Crippen LogP contribution is 2.27. The molecule has 1 aromatic carbocycles. The van der Waals surface area contributed by atoms with E-state index >= 15 is 0 Å². The Hall–Kier alpha value is -1.01. The molecule has 1 unspecified atom stereocenters. The van der Waals surface area contributed by atoms with E-state index in [9.17, 15) is 13.2 Å². The van der Waals surface area contributed by atoms with Crippen LogP contribution in [0.15, 0.2) is 38.6 Å². The molecule has 2 rings (SSSR count). The number of aliphatic imine (C=N–C) groups is 1. The largest absolute Gasteiger partial charge is 0.244 e. The Balaban J connectivity index is 2.36. The maximum atomic E-state index is 12.4. The molecule has 0 bridgehead atoms. The molecule has 1 fully saturated rings. The molecule has 1 aliphatic heterocycles. The first-order valence-corrected chi connectivity index (χ1v) is 7.63. The monoisotopic (exact) mass is 330 g/mol. The van der Waals surface area contributed by atoms with E-state index in [1.165, 1.54) is 22.5 Å². The number of isocyanates is 1. The van der Waals surface area contributed by atoms with E-state index in [0.29, 0.717) is 19.4 Å². The van der Waals surface area contributed by atoms with E-state index in [2.05, 4.69) is 20.9 Å². The lowest BCUT2D eigenvalue weighted by Crippen LogP contribution is -2.34. The van der Waals surface area contributed by atoms with Crippen molar-refractivity contribution in [3.63, 3.8) is 0 Å². The molecule has 0 aromatic heterocycles. The fraction of sp³-hybridized carbons (Fsp3) is 0.364. The average molecular weight is 331 g/mol. The molecule has 7 heteroatoms. The summed E-state index contributed by atoms with van der Waals surface area (Å²) in [6.45, 7) is 0.383. The number of carbonyl (C=O) groups excluding carboxylic acids is 1. The van der Waals surface area contributed by atoms with E-state index < -0.39 is 16.2 Å². The minimum Gasteiger partial charge on any atom is -0.211 e. The summed E-state index contributed by atoms with van der Waals surface area (Å²) in [5.41, 5.74) is 0. The predicted molar refractivity (Wildman–Crippen MR) is 69.2 cm³/mol. The van der Waals surface area contributed by atoms with Crippen LogP contribution >= 0.6 is 15.9 Å². The van der Waals surface area contributed by atoms with Crippen molar-refractivity contribution in [1.82, 2.24) is 4.31 Å². The quantitative estimate of drug-likeness (QED) is 0.627. The van der Waals surface area contributed by atoms with Gasteiger partial charge in [-0.25, -0.2) is 13.2 Å². The van der Waals surface area contributed by atoms with E-state index in [-0.39, 0.29) is 4.90 Å². The Labute approximate surface area is 114 Å². The van der Waals surface area contributed by atoms with Crippen LogP contribution in [0.3, 0.4) is 0 Å². The lowest BCUT2D eigenvalue weighted by Gasteiger charge is -2.19. The number of sulfonamides is 1. The molecular formula is C11H11BrN2O3S. The molecule has 1 aromatic rings. The minimum absolute atomic E-state index is 0.207. The number of halogens is 1. The second-order valence-corrected chi connectivity index (χ2v) is 6.72. The van der Waals surface area contributed by atoms with Crippen LogP contribution in [0.2, 0.25) is 0 Å². The van der Waals surface area contributed by atoms with E-state index in [0.717, 1.165) is 4.47 Å². The van der Waals surface area contributed by atoms with Gasteiger partial charge in [0.25, 0.3) is 0 Å². The van der Waals surface area contributed by atoms with Gasteiger partial charge in [0.2, 0.25) is 16.1 Å². The van der Waals surface area contributed by atoms with Crippen molar-refractivity contribution >= 4 is 32.0 Å². The standard InChI is InChI=1S/C11H11BrN2O3S/c12-9-3-5-10(6-4-9)18(16,17)14-7-1-2-11(14)13-8-15/h3-6,11H,1-2,7H2.